The van der Waals surface area contributed by atoms with E-state index < -0.39 is 0 Å². The van der Waals surface area contributed by atoms with E-state index in [-0.39, 0.29) is 0 Å². The molecule has 19 heavy (non-hydrogen) atoms. The number of aromatic nitrogens is 2. The molecule has 1 aromatic heterocycles. The van der Waals surface area contributed by atoms with Gasteiger partial charge in [0.2, 0.25) is 0 Å². The third-order valence-electron chi connectivity index (χ3n) is 4.64. The zero-order valence-electron chi connectivity index (χ0n) is 12.1. The van der Waals surface area contributed by atoms with Crippen LogP contribution in [-0.4, -0.2) is 35.6 Å². The van der Waals surface area contributed by atoms with Crippen LogP contribution in [0, 0.1) is 5.92 Å². The first-order chi connectivity index (χ1) is 9.30. The number of nitrogens with one attached hydrogen (secondary N) is 1. The molecular formula is C15H25N3O. The minimum atomic E-state index is 0.649. The van der Waals surface area contributed by atoms with E-state index in [1.54, 1.807) is 7.11 Å². The highest BCUT2D eigenvalue weighted by atomic mass is 16.5. The van der Waals surface area contributed by atoms with Gasteiger partial charge in [-0.15, -0.1) is 0 Å². The Hall–Kier alpha value is -0.870. The van der Waals surface area contributed by atoms with Crippen molar-refractivity contribution in [2.24, 2.45) is 5.92 Å². The molecule has 1 saturated carbocycles. The van der Waals surface area contributed by atoms with E-state index in [1.165, 1.54) is 36.9 Å². The lowest BCUT2D eigenvalue weighted by molar-refractivity contribution is 0.0835. The molecule has 4 heteroatoms. The Morgan fingerprint density at radius 2 is 2.26 bits per heavy atom. The molecule has 1 aromatic rings. The number of fused-ring (bicyclic) bond motifs is 1. The number of ether oxygens (including phenoxy) is 1. The van der Waals surface area contributed by atoms with Gasteiger partial charge < -0.3 is 10.1 Å². The van der Waals surface area contributed by atoms with E-state index in [0.29, 0.717) is 12.1 Å². The van der Waals surface area contributed by atoms with E-state index in [4.69, 9.17) is 4.74 Å². The van der Waals surface area contributed by atoms with Crippen molar-refractivity contribution >= 4 is 0 Å². The van der Waals surface area contributed by atoms with E-state index >= 15 is 0 Å². The molecule has 2 aliphatic carbocycles. The summed E-state index contributed by atoms with van der Waals surface area (Å²) in [5, 5.41) is 8.29. The number of hydrogen-bond acceptors (Lipinski definition) is 3. The molecule has 106 valence electrons. The minimum Gasteiger partial charge on any atom is -0.384 e. The first-order valence-corrected chi connectivity index (χ1v) is 7.58. The van der Waals surface area contributed by atoms with Crippen LogP contribution in [0.25, 0.3) is 0 Å². The molecule has 0 bridgehead atoms. The van der Waals surface area contributed by atoms with Gasteiger partial charge in [-0.2, -0.15) is 5.10 Å². The third kappa shape index (κ3) is 2.70. The standard InChI is InChI=1S/C15H25N3O/c1-3-18-15-5-4-13(8-12(15)9-16-18)17-14-6-11(7-14)10-19-2/h9,11,13-14,17H,3-8,10H2,1-2H3. The maximum absolute atomic E-state index is 5.21. The summed E-state index contributed by atoms with van der Waals surface area (Å²) in [7, 11) is 1.80. The molecule has 0 saturated heterocycles. The van der Waals surface area contributed by atoms with Crippen molar-refractivity contribution in [2.75, 3.05) is 13.7 Å². The van der Waals surface area contributed by atoms with Crippen LogP contribution < -0.4 is 5.32 Å². The fourth-order valence-electron chi connectivity index (χ4n) is 3.58. The van der Waals surface area contributed by atoms with E-state index in [2.05, 4.69) is 28.2 Å². The van der Waals surface area contributed by atoms with Gasteiger partial charge in [-0.25, -0.2) is 0 Å². The second-order valence-corrected chi connectivity index (χ2v) is 6.03. The fourth-order valence-corrected chi connectivity index (χ4v) is 3.58. The van der Waals surface area contributed by atoms with E-state index in [9.17, 15) is 0 Å². The van der Waals surface area contributed by atoms with Gasteiger partial charge in [-0.1, -0.05) is 0 Å². The van der Waals surface area contributed by atoms with E-state index in [1.807, 2.05) is 0 Å². The molecule has 1 atom stereocenters. The number of hydrogen-bond donors (Lipinski definition) is 1. The Balaban J connectivity index is 1.50. The second kappa shape index (κ2) is 5.63. The second-order valence-electron chi connectivity index (χ2n) is 6.03. The summed E-state index contributed by atoms with van der Waals surface area (Å²) in [6.45, 7) is 4.09. The quantitative estimate of drug-likeness (QED) is 0.880. The van der Waals surface area contributed by atoms with Gasteiger partial charge in [0.25, 0.3) is 0 Å². The number of methoxy groups -OCH3 is 1. The maximum atomic E-state index is 5.21. The summed E-state index contributed by atoms with van der Waals surface area (Å²) in [4.78, 5) is 0. The van der Waals surface area contributed by atoms with Crippen LogP contribution in [0.2, 0.25) is 0 Å². The molecule has 1 heterocycles. The van der Waals surface area contributed by atoms with Crippen LogP contribution in [-0.2, 0) is 24.1 Å². The van der Waals surface area contributed by atoms with E-state index in [0.717, 1.165) is 25.5 Å². The van der Waals surface area contributed by atoms with Gasteiger partial charge >= 0.3 is 0 Å². The predicted octanol–water partition coefficient (Wildman–Crippen LogP) is 1.77. The minimum absolute atomic E-state index is 0.649. The number of aryl methyl sites for hydroxylation is 1. The summed E-state index contributed by atoms with van der Waals surface area (Å²) in [6, 6.07) is 1.36. The number of rotatable bonds is 5. The smallest absolute Gasteiger partial charge is 0.0525 e. The van der Waals surface area contributed by atoms with Crippen LogP contribution in [0.5, 0.6) is 0 Å². The monoisotopic (exact) mass is 263 g/mol. The lowest BCUT2D eigenvalue weighted by Crippen LogP contribution is -2.49. The van der Waals surface area contributed by atoms with Crippen LogP contribution >= 0.6 is 0 Å². The van der Waals surface area contributed by atoms with Crippen molar-refractivity contribution in [1.29, 1.82) is 0 Å². The number of nitrogens with zero attached hydrogens (tertiary/aromatic N) is 2. The van der Waals surface area contributed by atoms with Gasteiger partial charge in [0, 0.05) is 38.0 Å². The normalized spacial score (nSPS) is 29.9. The molecule has 0 amide bonds. The Morgan fingerprint density at radius 3 is 3.00 bits per heavy atom. The maximum Gasteiger partial charge on any atom is 0.0525 e. The van der Waals surface area contributed by atoms with Gasteiger partial charge in [0.05, 0.1) is 6.20 Å². The lowest BCUT2D eigenvalue weighted by Gasteiger charge is -2.39. The van der Waals surface area contributed by atoms with Crippen molar-refractivity contribution < 1.29 is 4.74 Å². The summed E-state index contributed by atoms with van der Waals surface area (Å²) in [6.07, 6.45) is 8.22. The van der Waals surface area contributed by atoms with Crippen molar-refractivity contribution in [3.8, 4) is 0 Å². The largest absolute Gasteiger partial charge is 0.384 e. The topological polar surface area (TPSA) is 39.1 Å². The third-order valence-corrected chi connectivity index (χ3v) is 4.64. The Kier molecular flexibility index (Phi) is 3.89. The zero-order valence-corrected chi connectivity index (χ0v) is 12.1. The SMILES string of the molecule is CCn1ncc2c1CCC(NC1CC(COC)C1)C2. The highest BCUT2D eigenvalue weighted by Gasteiger charge is 2.31. The van der Waals surface area contributed by atoms with Crippen LogP contribution in [0.4, 0.5) is 0 Å². The molecular weight excluding hydrogens is 238 g/mol. The van der Waals surface area contributed by atoms with Gasteiger partial charge in [-0.05, 0) is 50.5 Å². The first kappa shape index (κ1) is 13.1. The zero-order chi connectivity index (χ0) is 13.2. The molecule has 0 spiro atoms. The Labute approximate surface area is 115 Å². The highest BCUT2D eigenvalue weighted by molar-refractivity contribution is 5.22. The average Bonchev–Trinajstić information content (AvgIpc) is 2.78. The van der Waals surface area contributed by atoms with Crippen molar-refractivity contribution in [1.82, 2.24) is 15.1 Å². The van der Waals surface area contributed by atoms with Crippen LogP contribution in [0.1, 0.15) is 37.4 Å². The highest BCUT2D eigenvalue weighted by Crippen LogP contribution is 2.29. The first-order valence-electron chi connectivity index (χ1n) is 7.58. The molecule has 2 aliphatic rings. The van der Waals surface area contributed by atoms with Crippen LogP contribution in [0.15, 0.2) is 6.20 Å². The summed E-state index contributed by atoms with van der Waals surface area (Å²) in [5.41, 5.74) is 2.92. The van der Waals surface area contributed by atoms with Crippen molar-refractivity contribution in [3.63, 3.8) is 0 Å². The lowest BCUT2D eigenvalue weighted by atomic mass is 9.79. The predicted molar refractivity (Wildman–Crippen MR) is 75.2 cm³/mol. The van der Waals surface area contributed by atoms with Gasteiger partial charge in [-0.3, -0.25) is 4.68 Å². The molecule has 0 aliphatic heterocycles. The average molecular weight is 263 g/mol. The summed E-state index contributed by atoms with van der Waals surface area (Å²) >= 11 is 0. The molecule has 0 radical (unpaired) electrons. The van der Waals surface area contributed by atoms with Gasteiger partial charge in [0.1, 0.15) is 0 Å². The molecule has 0 aromatic carbocycles. The molecule has 4 nitrogen and oxygen atoms in total. The van der Waals surface area contributed by atoms with Crippen molar-refractivity contribution in [2.45, 2.75) is 57.7 Å². The summed E-state index contributed by atoms with van der Waals surface area (Å²) < 4.78 is 7.36. The van der Waals surface area contributed by atoms with Gasteiger partial charge in [0.15, 0.2) is 0 Å². The molecule has 1 N–H and O–H groups in total. The molecule has 1 fully saturated rings. The Bertz CT molecular complexity index is 423. The Morgan fingerprint density at radius 1 is 1.42 bits per heavy atom. The van der Waals surface area contributed by atoms with Crippen molar-refractivity contribution in [3.05, 3.63) is 17.5 Å². The molecule has 1 unspecified atom stereocenters. The van der Waals surface area contributed by atoms with Crippen LogP contribution in [0.3, 0.4) is 0 Å². The summed E-state index contributed by atoms with van der Waals surface area (Å²) in [5.74, 6) is 0.782. The fraction of sp³-hybridized carbons (Fsp3) is 0.800. The molecule has 3 rings (SSSR count).